The van der Waals surface area contributed by atoms with Crippen LogP contribution < -0.4 is 5.32 Å². The Balaban J connectivity index is 1.56. The minimum atomic E-state index is -0.212. The number of hydrogen-bond donors (Lipinski definition) is 1. The Morgan fingerprint density at radius 1 is 1.22 bits per heavy atom. The van der Waals surface area contributed by atoms with Gasteiger partial charge in [0.25, 0.3) is 0 Å². The summed E-state index contributed by atoms with van der Waals surface area (Å²) in [6.45, 7) is 0.0736. The number of nitrogens with zero attached hydrogens (tertiary/aromatic N) is 4. The molecule has 8 heteroatoms. The van der Waals surface area contributed by atoms with Crippen LogP contribution in [0.2, 0.25) is 5.02 Å². The molecule has 0 spiro atoms. The third-order valence-corrected chi connectivity index (χ3v) is 4.57. The quantitative estimate of drug-likeness (QED) is 0.619. The summed E-state index contributed by atoms with van der Waals surface area (Å²) < 4.78 is 2.49. The standard InChI is InChI=1S/C15H10ClN5OS/c16-9-4-3-7-12-14(9)18-15(23-12)17-13(22)8-21-11-6-2-1-5-10(11)19-20-21/h1-7H,8H2,(H,17,18,22). The molecule has 0 aliphatic rings. The van der Waals surface area contributed by atoms with Gasteiger partial charge in [-0.15, -0.1) is 5.10 Å². The van der Waals surface area contributed by atoms with Gasteiger partial charge in [0.15, 0.2) is 5.13 Å². The van der Waals surface area contributed by atoms with Gasteiger partial charge in [0, 0.05) is 0 Å². The minimum absolute atomic E-state index is 0.0736. The number of anilines is 1. The Kier molecular flexibility index (Phi) is 3.44. The van der Waals surface area contributed by atoms with Gasteiger partial charge in [-0.05, 0) is 24.3 Å². The van der Waals surface area contributed by atoms with Gasteiger partial charge in [-0.3, -0.25) is 4.79 Å². The van der Waals surface area contributed by atoms with Crippen LogP contribution in [0.4, 0.5) is 5.13 Å². The van der Waals surface area contributed by atoms with Gasteiger partial charge in [-0.2, -0.15) is 0 Å². The number of fused-ring (bicyclic) bond motifs is 2. The van der Waals surface area contributed by atoms with Crippen molar-refractivity contribution in [2.75, 3.05) is 5.32 Å². The lowest BCUT2D eigenvalue weighted by Crippen LogP contribution is -2.19. The van der Waals surface area contributed by atoms with E-state index in [1.165, 1.54) is 11.3 Å². The van der Waals surface area contributed by atoms with Crippen molar-refractivity contribution in [1.29, 1.82) is 0 Å². The van der Waals surface area contributed by atoms with Crippen LogP contribution in [0.3, 0.4) is 0 Å². The number of rotatable bonds is 3. The molecule has 2 aromatic heterocycles. The molecular weight excluding hydrogens is 334 g/mol. The van der Waals surface area contributed by atoms with E-state index in [1.54, 1.807) is 10.7 Å². The van der Waals surface area contributed by atoms with Crippen molar-refractivity contribution in [3.63, 3.8) is 0 Å². The lowest BCUT2D eigenvalue weighted by Gasteiger charge is -2.02. The molecule has 23 heavy (non-hydrogen) atoms. The smallest absolute Gasteiger partial charge is 0.247 e. The Bertz CT molecular complexity index is 1020. The molecule has 4 aromatic rings. The van der Waals surface area contributed by atoms with Crippen molar-refractivity contribution in [1.82, 2.24) is 20.0 Å². The molecule has 1 N–H and O–H groups in total. The molecule has 0 unspecified atom stereocenters. The number of hydrogen-bond acceptors (Lipinski definition) is 5. The summed E-state index contributed by atoms with van der Waals surface area (Å²) in [5.41, 5.74) is 2.27. The number of para-hydroxylation sites is 2. The van der Waals surface area contributed by atoms with Gasteiger partial charge in [0.1, 0.15) is 17.6 Å². The fourth-order valence-electron chi connectivity index (χ4n) is 2.30. The molecule has 0 bridgehead atoms. The summed E-state index contributed by atoms with van der Waals surface area (Å²) in [5, 5.41) is 11.9. The summed E-state index contributed by atoms with van der Waals surface area (Å²) in [7, 11) is 0. The van der Waals surface area contributed by atoms with Crippen molar-refractivity contribution >= 4 is 55.2 Å². The Labute approximate surface area is 139 Å². The van der Waals surface area contributed by atoms with Crippen LogP contribution in [-0.4, -0.2) is 25.9 Å². The normalized spacial score (nSPS) is 11.2. The maximum absolute atomic E-state index is 12.2. The van der Waals surface area contributed by atoms with Gasteiger partial charge in [0.05, 0.1) is 15.2 Å². The summed E-state index contributed by atoms with van der Waals surface area (Å²) >= 11 is 7.48. The highest BCUT2D eigenvalue weighted by Crippen LogP contribution is 2.30. The zero-order valence-corrected chi connectivity index (χ0v) is 13.3. The number of amides is 1. The molecule has 114 valence electrons. The highest BCUT2D eigenvalue weighted by molar-refractivity contribution is 7.22. The predicted octanol–water partition coefficient (Wildman–Crippen LogP) is 3.33. The first-order valence-corrected chi connectivity index (χ1v) is 8.03. The van der Waals surface area contributed by atoms with E-state index in [2.05, 4.69) is 20.6 Å². The number of benzene rings is 2. The average Bonchev–Trinajstić information content (AvgIpc) is 3.12. The molecule has 0 aliphatic carbocycles. The molecule has 1 amide bonds. The molecule has 4 rings (SSSR count). The molecular formula is C15H10ClN5OS. The zero-order chi connectivity index (χ0) is 15.8. The van der Waals surface area contributed by atoms with Crippen LogP contribution >= 0.6 is 22.9 Å². The zero-order valence-electron chi connectivity index (χ0n) is 11.7. The second-order valence-electron chi connectivity index (χ2n) is 4.89. The third kappa shape index (κ3) is 2.64. The van der Waals surface area contributed by atoms with E-state index in [4.69, 9.17) is 11.6 Å². The van der Waals surface area contributed by atoms with Crippen LogP contribution in [0.25, 0.3) is 21.3 Å². The van der Waals surface area contributed by atoms with Crippen molar-refractivity contribution < 1.29 is 4.79 Å². The lowest BCUT2D eigenvalue weighted by molar-refractivity contribution is -0.116. The van der Waals surface area contributed by atoms with E-state index < -0.39 is 0 Å². The largest absolute Gasteiger partial charge is 0.300 e. The number of thiazole rings is 1. The highest BCUT2D eigenvalue weighted by atomic mass is 35.5. The number of halogens is 1. The number of nitrogens with one attached hydrogen (secondary N) is 1. The maximum Gasteiger partial charge on any atom is 0.247 e. The van der Waals surface area contributed by atoms with E-state index in [0.717, 1.165) is 15.7 Å². The monoisotopic (exact) mass is 343 g/mol. The molecule has 0 atom stereocenters. The van der Waals surface area contributed by atoms with Crippen LogP contribution in [-0.2, 0) is 11.3 Å². The van der Waals surface area contributed by atoms with Crippen molar-refractivity contribution in [2.45, 2.75) is 6.54 Å². The molecule has 0 radical (unpaired) electrons. The van der Waals surface area contributed by atoms with Crippen LogP contribution in [0.5, 0.6) is 0 Å². The van der Waals surface area contributed by atoms with E-state index >= 15 is 0 Å². The molecule has 2 heterocycles. The summed E-state index contributed by atoms with van der Waals surface area (Å²) in [4.78, 5) is 16.6. The molecule has 2 aromatic carbocycles. The van der Waals surface area contributed by atoms with E-state index in [1.807, 2.05) is 36.4 Å². The SMILES string of the molecule is O=C(Cn1nnc2ccccc21)Nc1nc2c(Cl)cccc2s1. The van der Waals surface area contributed by atoms with Crippen LogP contribution in [0.1, 0.15) is 0 Å². The molecule has 0 fully saturated rings. The first kappa shape index (κ1) is 14.1. The second-order valence-corrected chi connectivity index (χ2v) is 6.33. The predicted molar refractivity (Wildman–Crippen MR) is 90.8 cm³/mol. The number of carbonyl (C=O) groups excluding carboxylic acids is 1. The number of carbonyl (C=O) groups is 1. The van der Waals surface area contributed by atoms with Gasteiger partial charge in [0.2, 0.25) is 5.91 Å². The third-order valence-electron chi connectivity index (χ3n) is 3.33. The molecule has 0 saturated heterocycles. The van der Waals surface area contributed by atoms with Gasteiger partial charge >= 0.3 is 0 Å². The topological polar surface area (TPSA) is 72.7 Å². The number of aromatic nitrogens is 4. The van der Waals surface area contributed by atoms with E-state index in [-0.39, 0.29) is 12.5 Å². The van der Waals surface area contributed by atoms with Crippen molar-refractivity contribution in [2.24, 2.45) is 0 Å². The van der Waals surface area contributed by atoms with Crippen LogP contribution in [0.15, 0.2) is 42.5 Å². The van der Waals surface area contributed by atoms with Gasteiger partial charge in [-0.1, -0.05) is 46.4 Å². The fraction of sp³-hybridized carbons (Fsp3) is 0.0667. The average molecular weight is 344 g/mol. The summed E-state index contributed by atoms with van der Waals surface area (Å²) in [6.07, 6.45) is 0. The lowest BCUT2D eigenvalue weighted by atomic mass is 10.3. The summed E-state index contributed by atoms with van der Waals surface area (Å²) in [5.74, 6) is -0.212. The minimum Gasteiger partial charge on any atom is -0.300 e. The van der Waals surface area contributed by atoms with Gasteiger partial charge in [-0.25, -0.2) is 9.67 Å². The molecule has 0 aliphatic heterocycles. The fourth-order valence-corrected chi connectivity index (χ4v) is 3.48. The molecule has 0 saturated carbocycles. The van der Waals surface area contributed by atoms with Gasteiger partial charge < -0.3 is 5.32 Å². The second kappa shape index (κ2) is 5.60. The van der Waals surface area contributed by atoms with Crippen molar-refractivity contribution in [3.8, 4) is 0 Å². The Morgan fingerprint density at radius 2 is 2.09 bits per heavy atom. The first-order valence-electron chi connectivity index (χ1n) is 6.84. The maximum atomic E-state index is 12.2. The first-order chi connectivity index (χ1) is 11.2. The van der Waals surface area contributed by atoms with E-state index in [0.29, 0.717) is 15.7 Å². The Hall–Kier alpha value is -2.51. The van der Waals surface area contributed by atoms with Crippen LogP contribution in [0, 0.1) is 0 Å². The molecule has 6 nitrogen and oxygen atoms in total. The Morgan fingerprint density at radius 3 is 2.96 bits per heavy atom. The summed E-state index contributed by atoms with van der Waals surface area (Å²) in [6, 6.07) is 13.0. The highest BCUT2D eigenvalue weighted by Gasteiger charge is 2.12. The van der Waals surface area contributed by atoms with E-state index in [9.17, 15) is 4.79 Å². The van der Waals surface area contributed by atoms with Crippen molar-refractivity contribution in [3.05, 3.63) is 47.5 Å².